The van der Waals surface area contributed by atoms with Crippen molar-refractivity contribution in [3.05, 3.63) is 59.7 Å². The summed E-state index contributed by atoms with van der Waals surface area (Å²) >= 11 is 0. The molecule has 3 fully saturated rings. The van der Waals surface area contributed by atoms with Crippen LogP contribution < -0.4 is 9.47 Å². The minimum absolute atomic E-state index is 0.0800. The van der Waals surface area contributed by atoms with E-state index in [0.717, 1.165) is 13.1 Å². The lowest BCUT2D eigenvalue weighted by atomic mass is 9.96. The third-order valence-corrected chi connectivity index (χ3v) is 8.09. The highest BCUT2D eigenvalue weighted by Gasteiger charge is 2.55. The third kappa shape index (κ3) is 5.31. The van der Waals surface area contributed by atoms with Crippen LogP contribution in [0.4, 0.5) is 0 Å². The molecule has 208 valence electrons. The van der Waals surface area contributed by atoms with E-state index in [1.807, 2.05) is 11.9 Å². The van der Waals surface area contributed by atoms with Gasteiger partial charge in [-0.25, -0.2) is 0 Å². The second-order valence-electron chi connectivity index (χ2n) is 10.3. The van der Waals surface area contributed by atoms with Crippen molar-refractivity contribution in [1.82, 2.24) is 19.6 Å². The number of likely N-dealkylation sites (N-methyl/N-ethyl adjacent to an activating group) is 1. The fourth-order valence-corrected chi connectivity index (χ4v) is 5.64. The Morgan fingerprint density at radius 2 is 1.26 bits per heavy atom. The second-order valence-corrected chi connectivity index (χ2v) is 10.3. The fourth-order valence-electron chi connectivity index (χ4n) is 5.64. The number of amides is 3. The molecule has 2 aromatic rings. The van der Waals surface area contributed by atoms with Gasteiger partial charge in [-0.1, -0.05) is 0 Å². The molecule has 0 aromatic heterocycles. The highest BCUT2D eigenvalue weighted by atomic mass is 16.5. The number of carbonyl (C=O) groups excluding carboxylic acids is 3. The van der Waals surface area contributed by atoms with Gasteiger partial charge in [-0.05, 0) is 55.6 Å². The average molecular weight is 537 g/mol. The zero-order valence-corrected chi connectivity index (χ0v) is 22.8. The van der Waals surface area contributed by atoms with Gasteiger partial charge < -0.3 is 28.9 Å². The van der Waals surface area contributed by atoms with Crippen molar-refractivity contribution < 1.29 is 28.6 Å². The fraction of sp³-hybridized carbons (Fsp3) is 0.483. The average Bonchev–Trinajstić information content (AvgIpc) is 3.35. The summed E-state index contributed by atoms with van der Waals surface area (Å²) in [6.07, 6.45) is 0.840. The zero-order valence-electron chi connectivity index (χ0n) is 22.8. The summed E-state index contributed by atoms with van der Waals surface area (Å²) in [5.41, 5.74) is 0.0858. The smallest absolute Gasteiger partial charge is 0.256 e. The first-order chi connectivity index (χ1) is 18.8. The molecule has 0 radical (unpaired) electrons. The molecule has 10 heteroatoms. The van der Waals surface area contributed by atoms with Gasteiger partial charge in [0.2, 0.25) is 5.91 Å². The van der Waals surface area contributed by atoms with Gasteiger partial charge in [0.05, 0.1) is 20.8 Å². The Bertz CT molecular complexity index is 1190. The van der Waals surface area contributed by atoms with Gasteiger partial charge in [0.15, 0.2) is 0 Å². The molecule has 3 aliphatic rings. The van der Waals surface area contributed by atoms with Gasteiger partial charge in [0, 0.05) is 63.2 Å². The van der Waals surface area contributed by atoms with E-state index in [9.17, 15) is 14.4 Å². The minimum atomic E-state index is -0.958. The monoisotopic (exact) mass is 536 g/mol. The second kappa shape index (κ2) is 11.2. The van der Waals surface area contributed by atoms with Gasteiger partial charge >= 0.3 is 0 Å². The lowest BCUT2D eigenvalue weighted by molar-refractivity contribution is -0.139. The molecule has 1 unspecified atom stereocenters. The van der Waals surface area contributed by atoms with Crippen LogP contribution in [0.1, 0.15) is 33.6 Å². The van der Waals surface area contributed by atoms with Crippen molar-refractivity contribution in [2.75, 3.05) is 67.1 Å². The maximum atomic E-state index is 14.0. The molecule has 0 bridgehead atoms. The summed E-state index contributed by atoms with van der Waals surface area (Å²) in [5, 5.41) is 0. The summed E-state index contributed by atoms with van der Waals surface area (Å²) in [6, 6.07) is 13.2. The summed E-state index contributed by atoms with van der Waals surface area (Å²) < 4.78 is 16.8. The summed E-state index contributed by atoms with van der Waals surface area (Å²) in [4.78, 5) is 48.4. The largest absolute Gasteiger partial charge is 0.497 e. The van der Waals surface area contributed by atoms with Crippen molar-refractivity contribution in [1.29, 1.82) is 0 Å². The lowest BCUT2D eigenvalue weighted by Crippen LogP contribution is -2.61. The molecule has 0 N–H and O–H groups in total. The maximum absolute atomic E-state index is 14.0. The number of piperidine rings is 1. The molecule has 3 aliphatic heterocycles. The van der Waals surface area contributed by atoms with Crippen molar-refractivity contribution in [3.63, 3.8) is 0 Å². The number of likely N-dealkylation sites (tertiary alicyclic amines) is 1. The van der Waals surface area contributed by atoms with Gasteiger partial charge in [-0.3, -0.25) is 19.3 Å². The van der Waals surface area contributed by atoms with Crippen molar-refractivity contribution >= 4 is 17.7 Å². The van der Waals surface area contributed by atoms with Crippen LogP contribution in [0, 0.1) is 0 Å². The van der Waals surface area contributed by atoms with Crippen LogP contribution in [-0.4, -0.2) is 116 Å². The Morgan fingerprint density at radius 3 is 1.77 bits per heavy atom. The van der Waals surface area contributed by atoms with Crippen LogP contribution in [0.3, 0.4) is 0 Å². The van der Waals surface area contributed by atoms with E-state index in [1.165, 1.54) is 0 Å². The molecule has 1 spiro atoms. The normalized spacial score (nSPS) is 21.2. The molecule has 3 heterocycles. The zero-order chi connectivity index (χ0) is 27.6. The number of nitrogens with zero attached hydrogens (tertiary/aromatic N) is 4. The van der Waals surface area contributed by atoms with Crippen molar-refractivity contribution in [2.45, 2.75) is 24.6 Å². The van der Waals surface area contributed by atoms with E-state index >= 15 is 0 Å². The number of methoxy groups -OCH3 is 2. The molecule has 3 amide bonds. The van der Waals surface area contributed by atoms with Gasteiger partial charge in [0.25, 0.3) is 11.8 Å². The Kier molecular flexibility index (Phi) is 7.76. The van der Waals surface area contributed by atoms with Crippen LogP contribution in [0.2, 0.25) is 0 Å². The summed E-state index contributed by atoms with van der Waals surface area (Å²) in [5.74, 6) is 0.918. The molecule has 39 heavy (non-hydrogen) atoms. The molecule has 10 nitrogen and oxygen atoms in total. The predicted octanol–water partition coefficient (Wildman–Crippen LogP) is 1.95. The molecule has 0 aliphatic carbocycles. The van der Waals surface area contributed by atoms with Gasteiger partial charge in [-0.15, -0.1) is 0 Å². The predicted molar refractivity (Wildman–Crippen MR) is 144 cm³/mol. The Balaban J connectivity index is 1.37. The topological polar surface area (TPSA) is 91.9 Å². The molecule has 2 aromatic carbocycles. The Morgan fingerprint density at radius 1 is 0.744 bits per heavy atom. The van der Waals surface area contributed by atoms with Gasteiger partial charge in [0.1, 0.15) is 23.3 Å². The van der Waals surface area contributed by atoms with Crippen LogP contribution in [0.15, 0.2) is 48.5 Å². The van der Waals surface area contributed by atoms with Crippen LogP contribution >= 0.6 is 0 Å². The molecule has 0 saturated carbocycles. The number of ether oxygens (including phenoxy) is 3. The number of rotatable bonds is 5. The number of hydrogen-bond donors (Lipinski definition) is 0. The summed E-state index contributed by atoms with van der Waals surface area (Å²) in [7, 11) is 5.20. The van der Waals surface area contributed by atoms with E-state index in [0.29, 0.717) is 61.6 Å². The van der Waals surface area contributed by atoms with E-state index in [-0.39, 0.29) is 24.3 Å². The molecule has 3 saturated heterocycles. The molecular weight excluding hydrogens is 500 g/mol. The minimum Gasteiger partial charge on any atom is -0.497 e. The number of carbonyl (C=O) groups is 3. The first-order valence-corrected chi connectivity index (χ1v) is 13.4. The molecule has 5 rings (SSSR count). The Hall–Kier alpha value is -3.63. The van der Waals surface area contributed by atoms with Crippen LogP contribution in [0.25, 0.3) is 0 Å². The van der Waals surface area contributed by atoms with E-state index < -0.39 is 11.8 Å². The number of piperazine rings is 1. The van der Waals surface area contributed by atoms with E-state index in [2.05, 4.69) is 4.90 Å². The van der Waals surface area contributed by atoms with Crippen molar-refractivity contribution in [2.24, 2.45) is 0 Å². The first-order valence-electron chi connectivity index (χ1n) is 13.4. The molecular formula is C29H36N4O6. The number of hydrogen-bond acceptors (Lipinski definition) is 7. The van der Waals surface area contributed by atoms with E-state index in [4.69, 9.17) is 14.2 Å². The molecule has 1 atom stereocenters. The third-order valence-electron chi connectivity index (χ3n) is 8.09. The highest BCUT2D eigenvalue weighted by Crippen LogP contribution is 2.39. The lowest BCUT2D eigenvalue weighted by Gasteiger charge is -2.45. The van der Waals surface area contributed by atoms with E-state index in [1.54, 1.807) is 72.6 Å². The quantitative estimate of drug-likeness (QED) is 0.577. The summed E-state index contributed by atoms with van der Waals surface area (Å²) in [6.45, 7) is 3.78. The number of benzene rings is 2. The maximum Gasteiger partial charge on any atom is 0.256 e. The van der Waals surface area contributed by atoms with Gasteiger partial charge in [-0.2, -0.15) is 0 Å². The van der Waals surface area contributed by atoms with Crippen LogP contribution in [-0.2, 0) is 9.53 Å². The standard InChI is InChI=1S/C29H36N4O6/c1-30-16-18-32(19-17-30)28(36)25-20-39-29(33(25)27(35)22-6-10-24(38-3)11-7-22)12-14-31(15-13-29)26(34)21-4-8-23(37-2)9-5-21/h4-11,25H,12-20H2,1-3H3. The van der Waals surface area contributed by atoms with Crippen molar-refractivity contribution in [3.8, 4) is 11.5 Å². The Labute approximate surface area is 229 Å². The SMILES string of the molecule is COc1ccc(C(=O)N2CCC3(CC2)OCC(C(=O)N2CCN(C)CC2)N3C(=O)c2ccc(OC)cc2)cc1. The first kappa shape index (κ1) is 27.0. The highest BCUT2D eigenvalue weighted by molar-refractivity contribution is 5.99. The van der Waals surface area contributed by atoms with Crippen LogP contribution in [0.5, 0.6) is 11.5 Å².